The van der Waals surface area contributed by atoms with Crippen molar-refractivity contribution in [2.75, 3.05) is 6.61 Å². The summed E-state index contributed by atoms with van der Waals surface area (Å²) in [6.45, 7) is 3.37. The van der Waals surface area contributed by atoms with Crippen molar-refractivity contribution in [3.63, 3.8) is 0 Å². The molecule has 0 amide bonds. The van der Waals surface area contributed by atoms with E-state index >= 15 is 0 Å². The zero-order valence-corrected chi connectivity index (χ0v) is 12.5. The Labute approximate surface area is 127 Å². The number of benzene rings is 1. The number of halogens is 1. The number of pyridine rings is 1. The normalized spacial score (nSPS) is 10.2. The summed E-state index contributed by atoms with van der Waals surface area (Å²) in [4.78, 5) is 27.5. The zero-order chi connectivity index (χ0) is 15.4. The molecular formula is C16H14ClNO3. The summed E-state index contributed by atoms with van der Waals surface area (Å²) in [7, 11) is 0. The number of ketones is 1. The minimum Gasteiger partial charge on any atom is -0.461 e. The van der Waals surface area contributed by atoms with Gasteiger partial charge in [-0.2, -0.15) is 0 Å². The Morgan fingerprint density at radius 3 is 2.29 bits per heavy atom. The van der Waals surface area contributed by atoms with Gasteiger partial charge in [-0.05, 0) is 42.3 Å². The lowest BCUT2D eigenvalue weighted by Gasteiger charge is -2.07. The predicted octanol–water partition coefficient (Wildman–Crippen LogP) is 3.78. The monoisotopic (exact) mass is 303 g/mol. The quantitative estimate of drug-likeness (QED) is 0.637. The van der Waals surface area contributed by atoms with Crippen LogP contribution in [0.2, 0.25) is 5.02 Å². The average Bonchev–Trinajstić information content (AvgIpc) is 2.47. The number of ether oxygens (including phenoxy) is 1. The molecule has 21 heavy (non-hydrogen) atoms. The highest BCUT2D eigenvalue weighted by Crippen LogP contribution is 2.23. The molecule has 0 fully saturated rings. The number of rotatable bonds is 4. The Kier molecular flexibility index (Phi) is 4.70. The first-order valence-corrected chi connectivity index (χ1v) is 6.85. The van der Waals surface area contributed by atoms with Gasteiger partial charge in [-0.1, -0.05) is 23.7 Å². The van der Waals surface area contributed by atoms with E-state index < -0.39 is 5.97 Å². The number of hydrogen-bond acceptors (Lipinski definition) is 4. The molecule has 0 radical (unpaired) electrons. The number of Topliss-reactive ketones (excluding diaryl/α,β-unsaturated/α-hetero) is 1. The van der Waals surface area contributed by atoms with E-state index in [9.17, 15) is 9.59 Å². The van der Waals surface area contributed by atoms with Crippen molar-refractivity contribution in [1.29, 1.82) is 0 Å². The van der Waals surface area contributed by atoms with Gasteiger partial charge in [0.15, 0.2) is 5.78 Å². The maximum Gasteiger partial charge on any atom is 0.356 e. The fraction of sp³-hybridized carbons (Fsp3) is 0.188. The predicted molar refractivity (Wildman–Crippen MR) is 80.6 cm³/mol. The fourth-order valence-corrected chi connectivity index (χ4v) is 1.96. The average molecular weight is 304 g/mol. The van der Waals surface area contributed by atoms with Crippen molar-refractivity contribution < 1.29 is 14.3 Å². The third-order valence-electron chi connectivity index (χ3n) is 2.85. The van der Waals surface area contributed by atoms with E-state index in [1.165, 1.54) is 6.92 Å². The number of esters is 1. The van der Waals surface area contributed by atoms with Crippen molar-refractivity contribution in [3.05, 3.63) is 52.8 Å². The highest BCUT2D eigenvalue weighted by molar-refractivity contribution is 6.30. The molecule has 1 aromatic heterocycles. The first-order valence-electron chi connectivity index (χ1n) is 6.47. The van der Waals surface area contributed by atoms with Crippen molar-refractivity contribution in [3.8, 4) is 11.1 Å². The molecule has 108 valence electrons. The maximum atomic E-state index is 11.8. The molecule has 5 heteroatoms. The van der Waals surface area contributed by atoms with Gasteiger partial charge in [-0.15, -0.1) is 0 Å². The van der Waals surface area contributed by atoms with Crippen LogP contribution in [0.1, 0.15) is 34.8 Å². The largest absolute Gasteiger partial charge is 0.461 e. The molecule has 0 aliphatic carbocycles. The SMILES string of the molecule is CCOC(=O)c1cc(-c2ccc(Cl)cc2)cc(C(C)=O)n1. The van der Waals surface area contributed by atoms with Gasteiger partial charge in [0, 0.05) is 11.9 Å². The van der Waals surface area contributed by atoms with Gasteiger partial charge in [0.05, 0.1) is 6.61 Å². The topological polar surface area (TPSA) is 56.3 Å². The molecule has 0 bridgehead atoms. The lowest BCUT2D eigenvalue weighted by Crippen LogP contribution is -2.10. The van der Waals surface area contributed by atoms with Gasteiger partial charge < -0.3 is 4.74 Å². The molecule has 2 aromatic rings. The number of carbonyl (C=O) groups is 2. The number of aromatic nitrogens is 1. The number of nitrogens with zero attached hydrogens (tertiary/aromatic N) is 1. The first kappa shape index (κ1) is 15.2. The summed E-state index contributed by atoms with van der Waals surface area (Å²) >= 11 is 5.86. The van der Waals surface area contributed by atoms with Crippen molar-refractivity contribution in [2.24, 2.45) is 0 Å². The van der Waals surface area contributed by atoms with Crippen LogP contribution in [-0.2, 0) is 4.74 Å². The second kappa shape index (κ2) is 6.50. The van der Waals surface area contributed by atoms with Gasteiger partial charge in [-0.3, -0.25) is 4.79 Å². The first-order chi connectivity index (χ1) is 10.0. The molecule has 0 aliphatic heterocycles. The van der Waals surface area contributed by atoms with Crippen molar-refractivity contribution in [2.45, 2.75) is 13.8 Å². The van der Waals surface area contributed by atoms with Crippen molar-refractivity contribution in [1.82, 2.24) is 4.98 Å². The number of hydrogen-bond donors (Lipinski definition) is 0. The van der Waals surface area contributed by atoms with Gasteiger partial charge >= 0.3 is 5.97 Å². The summed E-state index contributed by atoms with van der Waals surface area (Å²) in [5, 5.41) is 0.616. The van der Waals surface area contributed by atoms with Gasteiger partial charge in [0.25, 0.3) is 0 Å². The highest BCUT2D eigenvalue weighted by Gasteiger charge is 2.14. The van der Waals surface area contributed by atoms with E-state index in [2.05, 4.69) is 4.98 Å². The Hall–Kier alpha value is -2.20. The summed E-state index contributed by atoms with van der Waals surface area (Å²) in [5.41, 5.74) is 1.91. The second-order valence-corrected chi connectivity index (χ2v) is 4.85. The standard InChI is InChI=1S/C16H14ClNO3/c1-3-21-16(20)15-9-12(8-14(18-15)10(2)19)11-4-6-13(17)7-5-11/h4-9H,3H2,1-2H3. The summed E-state index contributed by atoms with van der Waals surface area (Å²) in [5.74, 6) is -0.757. The Morgan fingerprint density at radius 2 is 1.71 bits per heavy atom. The van der Waals surface area contributed by atoms with Crippen LogP contribution in [0.4, 0.5) is 0 Å². The molecule has 1 heterocycles. The van der Waals surface area contributed by atoms with Crippen LogP contribution in [0.3, 0.4) is 0 Å². The fourth-order valence-electron chi connectivity index (χ4n) is 1.83. The van der Waals surface area contributed by atoms with Gasteiger partial charge in [-0.25, -0.2) is 9.78 Å². The van der Waals surface area contributed by atoms with Crippen LogP contribution < -0.4 is 0 Å². The zero-order valence-electron chi connectivity index (χ0n) is 11.7. The van der Waals surface area contributed by atoms with E-state index in [0.29, 0.717) is 5.02 Å². The summed E-state index contributed by atoms with van der Waals surface area (Å²) in [6, 6.07) is 10.4. The Bertz CT molecular complexity index is 680. The lowest BCUT2D eigenvalue weighted by molar-refractivity contribution is 0.0519. The minimum atomic E-state index is -0.546. The Morgan fingerprint density at radius 1 is 1.10 bits per heavy atom. The molecule has 0 saturated heterocycles. The molecule has 0 aliphatic rings. The van der Waals surface area contributed by atoms with Crippen LogP contribution in [0.15, 0.2) is 36.4 Å². The molecule has 0 N–H and O–H groups in total. The van der Waals surface area contributed by atoms with Crippen LogP contribution in [0.5, 0.6) is 0 Å². The van der Waals surface area contributed by atoms with E-state index in [-0.39, 0.29) is 23.8 Å². The number of carbonyl (C=O) groups excluding carboxylic acids is 2. The molecule has 0 atom stereocenters. The van der Waals surface area contributed by atoms with Crippen LogP contribution in [0, 0.1) is 0 Å². The van der Waals surface area contributed by atoms with E-state index in [0.717, 1.165) is 11.1 Å². The highest BCUT2D eigenvalue weighted by atomic mass is 35.5. The maximum absolute atomic E-state index is 11.8. The van der Waals surface area contributed by atoms with Crippen molar-refractivity contribution >= 4 is 23.4 Å². The molecule has 1 aromatic carbocycles. The van der Waals surface area contributed by atoms with Gasteiger partial charge in [0.2, 0.25) is 0 Å². The van der Waals surface area contributed by atoms with Crippen LogP contribution >= 0.6 is 11.6 Å². The van der Waals surface area contributed by atoms with E-state index in [1.807, 2.05) is 12.1 Å². The van der Waals surface area contributed by atoms with E-state index in [4.69, 9.17) is 16.3 Å². The summed E-state index contributed by atoms with van der Waals surface area (Å²) in [6.07, 6.45) is 0. The Balaban J connectivity index is 2.52. The van der Waals surface area contributed by atoms with Crippen LogP contribution in [0.25, 0.3) is 11.1 Å². The minimum absolute atomic E-state index is 0.120. The van der Waals surface area contributed by atoms with Gasteiger partial charge in [0.1, 0.15) is 11.4 Å². The summed E-state index contributed by atoms with van der Waals surface area (Å²) < 4.78 is 4.94. The van der Waals surface area contributed by atoms with Crippen LogP contribution in [-0.4, -0.2) is 23.3 Å². The molecule has 0 saturated carbocycles. The molecule has 0 spiro atoms. The third-order valence-corrected chi connectivity index (χ3v) is 3.10. The third kappa shape index (κ3) is 3.67. The molecule has 0 unspecified atom stereocenters. The smallest absolute Gasteiger partial charge is 0.356 e. The molecule has 2 rings (SSSR count). The lowest BCUT2D eigenvalue weighted by atomic mass is 10.0. The molecular weight excluding hydrogens is 290 g/mol. The second-order valence-electron chi connectivity index (χ2n) is 4.41. The van der Waals surface area contributed by atoms with E-state index in [1.54, 1.807) is 31.2 Å². The molecule has 4 nitrogen and oxygen atoms in total.